The van der Waals surface area contributed by atoms with Crippen molar-refractivity contribution in [1.29, 1.82) is 0 Å². The van der Waals surface area contributed by atoms with E-state index in [-0.39, 0.29) is 5.76 Å². The predicted octanol–water partition coefficient (Wildman–Crippen LogP) is 3.04. The van der Waals surface area contributed by atoms with Crippen LogP contribution in [0, 0.1) is 10.1 Å². The number of amides is 1. The number of hydrogen-bond acceptors (Lipinski definition) is 6. The second kappa shape index (κ2) is 7.93. The van der Waals surface area contributed by atoms with E-state index in [1.807, 2.05) is 0 Å². The van der Waals surface area contributed by atoms with Crippen LogP contribution in [-0.2, 0) is 14.3 Å². The maximum atomic E-state index is 11.7. The zero-order valence-electron chi connectivity index (χ0n) is 12.1. The Morgan fingerprint density at radius 1 is 1.29 bits per heavy atom. The van der Waals surface area contributed by atoms with Crippen LogP contribution >= 0.6 is 11.6 Å². The van der Waals surface area contributed by atoms with Gasteiger partial charge in [-0.25, -0.2) is 4.79 Å². The van der Waals surface area contributed by atoms with E-state index in [0.717, 1.165) is 12.1 Å². The molecule has 0 spiro atoms. The Hall–Kier alpha value is -3.13. The summed E-state index contributed by atoms with van der Waals surface area (Å²) in [7, 11) is 0. The predicted molar refractivity (Wildman–Crippen MR) is 85.4 cm³/mol. The molecule has 24 heavy (non-hydrogen) atoms. The first-order valence-corrected chi connectivity index (χ1v) is 6.97. The van der Waals surface area contributed by atoms with Gasteiger partial charge in [-0.1, -0.05) is 23.7 Å². The van der Waals surface area contributed by atoms with Gasteiger partial charge in [0.2, 0.25) is 0 Å². The molecule has 1 N–H and O–H groups in total. The van der Waals surface area contributed by atoms with Crippen LogP contribution in [0.4, 0.5) is 11.6 Å². The lowest BCUT2D eigenvalue weighted by atomic mass is 10.3. The molecule has 1 aromatic heterocycles. The number of nitro groups is 1. The van der Waals surface area contributed by atoms with E-state index in [9.17, 15) is 19.7 Å². The van der Waals surface area contributed by atoms with Gasteiger partial charge in [0, 0.05) is 6.08 Å². The van der Waals surface area contributed by atoms with E-state index in [2.05, 4.69) is 5.32 Å². The Kier molecular flexibility index (Phi) is 5.69. The molecule has 0 aliphatic carbocycles. The molecule has 0 unspecified atom stereocenters. The second-order valence-corrected chi connectivity index (χ2v) is 4.81. The third kappa shape index (κ3) is 4.96. The molecule has 0 saturated heterocycles. The van der Waals surface area contributed by atoms with Gasteiger partial charge in [0.05, 0.1) is 16.8 Å². The van der Waals surface area contributed by atoms with Crippen molar-refractivity contribution in [2.75, 3.05) is 11.9 Å². The number of ether oxygens (including phenoxy) is 1. The fourth-order valence-electron chi connectivity index (χ4n) is 1.61. The quantitative estimate of drug-likeness (QED) is 0.371. The highest BCUT2D eigenvalue weighted by molar-refractivity contribution is 6.33. The van der Waals surface area contributed by atoms with Crippen LogP contribution < -0.4 is 5.32 Å². The SMILES string of the molecule is O=C(COC(=O)/C=C/c1ccc([N+](=O)[O-])o1)Nc1ccccc1Cl. The minimum atomic E-state index is -0.802. The van der Waals surface area contributed by atoms with Gasteiger partial charge >= 0.3 is 11.9 Å². The Labute approximate surface area is 140 Å². The van der Waals surface area contributed by atoms with Gasteiger partial charge in [0.15, 0.2) is 6.61 Å². The van der Waals surface area contributed by atoms with Crippen molar-refractivity contribution in [3.63, 3.8) is 0 Å². The number of carbonyl (C=O) groups is 2. The number of carbonyl (C=O) groups excluding carboxylic acids is 2. The molecule has 0 saturated carbocycles. The average molecular weight is 351 g/mol. The average Bonchev–Trinajstić information content (AvgIpc) is 3.02. The zero-order valence-corrected chi connectivity index (χ0v) is 12.9. The number of benzene rings is 1. The summed E-state index contributed by atoms with van der Waals surface area (Å²) in [5.41, 5.74) is 0.402. The van der Waals surface area contributed by atoms with Crippen molar-refractivity contribution in [3.05, 3.63) is 63.4 Å². The summed E-state index contributed by atoms with van der Waals surface area (Å²) in [5.74, 6) is -1.69. The molecular weight excluding hydrogens is 340 g/mol. The molecule has 0 bridgehead atoms. The highest BCUT2D eigenvalue weighted by atomic mass is 35.5. The molecule has 8 nitrogen and oxygen atoms in total. The molecule has 2 rings (SSSR count). The largest absolute Gasteiger partial charge is 0.452 e. The molecule has 1 amide bonds. The lowest BCUT2D eigenvalue weighted by molar-refractivity contribution is -0.402. The first-order valence-electron chi connectivity index (χ1n) is 6.59. The van der Waals surface area contributed by atoms with Gasteiger partial charge in [0.1, 0.15) is 10.7 Å². The summed E-state index contributed by atoms with van der Waals surface area (Å²) in [6.45, 7) is -0.507. The smallest absolute Gasteiger partial charge is 0.433 e. The number of nitrogens with one attached hydrogen (secondary N) is 1. The number of halogens is 1. The molecule has 2 aromatic rings. The number of nitrogens with zero attached hydrogens (tertiary/aromatic N) is 1. The summed E-state index contributed by atoms with van der Waals surface area (Å²) >= 11 is 5.88. The van der Waals surface area contributed by atoms with Crippen LogP contribution in [0.25, 0.3) is 6.08 Å². The van der Waals surface area contributed by atoms with E-state index in [1.165, 1.54) is 12.1 Å². The number of esters is 1. The van der Waals surface area contributed by atoms with E-state index >= 15 is 0 Å². The van der Waals surface area contributed by atoms with Crippen LogP contribution in [-0.4, -0.2) is 23.4 Å². The van der Waals surface area contributed by atoms with E-state index in [0.29, 0.717) is 10.7 Å². The Bertz CT molecular complexity index is 799. The standard InChI is InChI=1S/C15H11ClN2O6/c16-11-3-1-2-4-12(11)17-13(19)9-23-15(20)8-6-10-5-7-14(24-10)18(21)22/h1-8H,9H2,(H,17,19)/b8-6+. The van der Waals surface area contributed by atoms with Gasteiger partial charge in [0.25, 0.3) is 5.91 Å². The van der Waals surface area contributed by atoms with Crippen molar-refractivity contribution in [2.45, 2.75) is 0 Å². The lowest BCUT2D eigenvalue weighted by Gasteiger charge is -2.06. The minimum absolute atomic E-state index is 0.110. The van der Waals surface area contributed by atoms with E-state index < -0.39 is 29.3 Å². The third-order valence-electron chi connectivity index (χ3n) is 2.67. The van der Waals surface area contributed by atoms with Crippen molar-refractivity contribution in [3.8, 4) is 0 Å². The van der Waals surface area contributed by atoms with Crippen LogP contribution in [0.5, 0.6) is 0 Å². The number of hydrogen-bond donors (Lipinski definition) is 1. The molecule has 0 fully saturated rings. The summed E-state index contributed by atoms with van der Waals surface area (Å²) in [4.78, 5) is 32.9. The van der Waals surface area contributed by atoms with Crippen molar-refractivity contribution in [2.24, 2.45) is 0 Å². The monoisotopic (exact) mass is 350 g/mol. The minimum Gasteiger partial charge on any atom is -0.452 e. The third-order valence-corrected chi connectivity index (χ3v) is 3.00. The van der Waals surface area contributed by atoms with Crippen LogP contribution in [0.3, 0.4) is 0 Å². The summed E-state index contributed by atoms with van der Waals surface area (Å²) < 4.78 is 9.56. The number of rotatable bonds is 6. The van der Waals surface area contributed by atoms with E-state index in [4.69, 9.17) is 20.8 Å². The molecule has 0 atom stereocenters. The van der Waals surface area contributed by atoms with Gasteiger partial charge in [-0.05, 0) is 24.3 Å². The fraction of sp³-hybridized carbons (Fsp3) is 0.0667. The van der Waals surface area contributed by atoms with Gasteiger partial charge in [-0.15, -0.1) is 0 Å². The zero-order chi connectivity index (χ0) is 17.5. The summed E-state index contributed by atoms with van der Waals surface area (Å²) in [5, 5.41) is 13.3. The fourth-order valence-corrected chi connectivity index (χ4v) is 1.80. The topological polar surface area (TPSA) is 112 Å². The van der Waals surface area contributed by atoms with Crippen molar-refractivity contribution in [1.82, 2.24) is 0 Å². The molecule has 1 aromatic carbocycles. The first kappa shape index (κ1) is 17.2. The highest BCUT2D eigenvalue weighted by Crippen LogP contribution is 2.20. The summed E-state index contributed by atoms with van der Waals surface area (Å²) in [6.07, 6.45) is 2.19. The molecule has 124 valence electrons. The Morgan fingerprint density at radius 3 is 2.71 bits per heavy atom. The van der Waals surface area contributed by atoms with Gasteiger partial charge < -0.3 is 14.5 Å². The lowest BCUT2D eigenvalue weighted by Crippen LogP contribution is -2.20. The van der Waals surface area contributed by atoms with Gasteiger partial charge in [-0.2, -0.15) is 0 Å². The summed E-state index contributed by atoms with van der Waals surface area (Å²) in [6, 6.07) is 9.09. The van der Waals surface area contributed by atoms with E-state index in [1.54, 1.807) is 24.3 Å². The van der Waals surface area contributed by atoms with Crippen LogP contribution in [0.2, 0.25) is 5.02 Å². The van der Waals surface area contributed by atoms with Gasteiger partial charge in [-0.3, -0.25) is 14.9 Å². The molecule has 0 radical (unpaired) electrons. The van der Waals surface area contributed by atoms with Crippen molar-refractivity contribution >= 4 is 41.1 Å². The maximum absolute atomic E-state index is 11.7. The normalized spacial score (nSPS) is 10.5. The van der Waals surface area contributed by atoms with Crippen molar-refractivity contribution < 1.29 is 23.7 Å². The second-order valence-electron chi connectivity index (χ2n) is 4.40. The number of furan rings is 1. The molecule has 1 heterocycles. The molecule has 9 heteroatoms. The molecule has 0 aliphatic rings. The Morgan fingerprint density at radius 2 is 2.04 bits per heavy atom. The Balaban J connectivity index is 1.82. The number of para-hydroxylation sites is 1. The highest BCUT2D eigenvalue weighted by Gasteiger charge is 2.11. The molecule has 0 aliphatic heterocycles. The first-order chi connectivity index (χ1) is 11.5. The number of anilines is 1. The molecular formula is C15H11ClN2O6. The van der Waals surface area contributed by atoms with Crippen LogP contribution in [0.1, 0.15) is 5.76 Å². The van der Waals surface area contributed by atoms with Crippen LogP contribution in [0.15, 0.2) is 46.9 Å². The maximum Gasteiger partial charge on any atom is 0.433 e.